The van der Waals surface area contributed by atoms with E-state index in [0.29, 0.717) is 5.02 Å². The molecular weight excluding hydrogens is 148 g/mol. The van der Waals surface area contributed by atoms with Crippen molar-refractivity contribution < 1.29 is 4.74 Å². The van der Waals surface area contributed by atoms with Gasteiger partial charge < -0.3 is 4.74 Å². The fourth-order valence-corrected chi connectivity index (χ4v) is 0.896. The van der Waals surface area contributed by atoms with Crippen LogP contribution in [0.4, 0.5) is 0 Å². The van der Waals surface area contributed by atoms with Gasteiger partial charge in [-0.25, -0.2) is 0 Å². The van der Waals surface area contributed by atoms with Crippen LogP contribution < -0.4 is 4.74 Å². The summed E-state index contributed by atoms with van der Waals surface area (Å²) in [6, 6.07) is 5.44. The summed E-state index contributed by atoms with van der Waals surface area (Å²) < 4.78 is 4.98. The summed E-state index contributed by atoms with van der Waals surface area (Å²) in [5, 5.41) is 0.638. The van der Waals surface area contributed by atoms with Gasteiger partial charge in [0.15, 0.2) is 0 Å². The Bertz CT molecular complexity index is 233. The third-order valence-corrected chi connectivity index (χ3v) is 1.65. The van der Waals surface area contributed by atoms with Gasteiger partial charge in [0.2, 0.25) is 0 Å². The first kappa shape index (κ1) is 7.42. The molecule has 0 saturated carbocycles. The summed E-state index contributed by atoms with van der Waals surface area (Å²) in [6.45, 7) is 3.73. The molecule has 1 rings (SSSR count). The van der Waals surface area contributed by atoms with E-state index in [4.69, 9.17) is 16.3 Å². The maximum absolute atomic E-state index is 5.75. The Morgan fingerprint density at radius 2 is 2.20 bits per heavy atom. The molecule has 1 radical (unpaired) electrons. The summed E-state index contributed by atoms with van der Waals surface area (Å²) in [7, 11) is 1.60. The van der Waals surface area contributed by atoms with Crippen molar-refractivity contribution in [3.63, 3.8) is 0 Å². The molecule has 0 aliphatic heterocycles. The van der Waals surface area contributed by atoms with Crippen molar-refractivity contribution in [3.8, 4) is 5.75 Å². The normalized spacial score (nSPS) is 9.50. The van der Waals surface area contributed by atoms with Gasteiger partial charge >= 0.3 is 0 Å². The lowest BCUT2D eigenvalue weighted by atomic mass is 10.2. The zero-order valence-corrected chi connectivity index (χ0v) is 6.48. The van der Waals surface area contributed by atoms with Crippen LogP contribution in [0.2, 0.25) is 5.02 Å². The third-order valence-electron chi connectivity index (χ3n) is 1.30. The van der Waals surface area contributed by atoms with Crippen LogP contribution in [0.5, 0.6) is 5.75 Å². The van der Waals surface area contributed by atoms with E-state index in [1.165, 1.54) is 0 Å². The van der Waals surface area contributed by atoms with Gasteiger partial charge in [-0.3, -0.25) is 0 Å². The molecule has 0 heterocycles. The van der Waals surface area contributed by atoms with Crippen LogP contribution in [-0.2, 0) is 0 Å². The molecule has 2 heteroatoms. The van der Waals surface area contributed by atoms with Gasteiger partial charge in [-0.1, -0.05) is 17.7 Å². The van der Waals surface area contributed by atoms with E-state index in [9.17, 15) is 0 Å². The predicted octanol–water partition coefficient (Wildman–Crippen LogP) is 2.53. The summed E-state index contributed by atoms with van der Waals surface area (Å²) >= 11 is 5.75. The Balaban J connectivity index is 3.14. The summed E-state index contributed by atoms with van der Waals surface area (Å²) in [5.74, 6) is 0.729. The van der Waals surface area contributed by atoms with Gasteiger partial charge in [-0.2, -0.15) is 0 Å². The van der Waals surface area contributed by atoms with Gasteiger partial charge in [0, 0.05) is 10.6 Å². The number of methoxy groups -OCH3 is 1. The predicted molar refractivity (Wildman–Crippen MR) is 42.5 cm³/mol. The molecule has 53 valence electrons. The van der Waals surface area contributed by atoms with E-state index < -0.39 is 0 Å². The first-order valence-corrected chi connectivity index (χ1v) is 3.28. The van der Waals surface area contributed by atoms with Gasteiger partial charge in [0.25, 0.3) is 0 Å². The summed E-state index contributed by atoms with van der Waals surface area (Å²) in [4.78, 5) is 0. The maximum Gasteiger partial charge on any atom is 0.123 e. The lowest BCUT2D eigenvalue weighted by Crippen LogP contribution is -1.86. The molecule has 0 bridgehead atoms. The Morgan fingerprint density at radius 3 is 2.70 bits per heavy atom. The standard InChI is InChI=1S/C8H8ClO/c1-6-7(9)4-3-5-8(6)10-2/h3-5H,1H2,2H3. The van der Waals surface area contributed by atoms with E-state index >= 15 is 0 Å². The number of hydrogen-bond donors (Lipinski definition) is 0. The third kappa shape index (κ3) is 1.24. The molecule has 1 aromatic carbocycles. The lowest BCUT2D eigenvalue weighted by Gasteiger charge is -2.03. The zero-order chi connectivity index (χ0) is 7.56. The number of halogens is 1. The molecule has 0 fully saturated rings. The van der Waals surface area contributed by atoms with Crippen LogP contribution in [0.3, 0.4) is 0 Å². The van der Waals surface area contributed by atoms with Crippen LogP contribution >= 0.6 is 11.6 Å². The monoisotopic (exact) mass is 155 g/mol. The highest BCUT2D eigenvalue weighted by molar-refractivity contribution is 6.31. The minimum atomic E-state index is 0.638. The highest BCUT2D eigenvalue weighted by atomic mass is 35.5. The first-order chi connectivity index (χ1) is 4.75. The Hall–Kier alpha value is -0.690. The Morgan fingerprint density at radius 1 is 1.50 bits per heavy atom. The van der Waals surface area contributed by atoms with Crippen LogP contribution in [0.1, 0.15) is 5.56 Å². The minimum Gasteiger partial charge on any atom is -0.496 e. The number of hydrogen-bond acceptors (Lipinski definition) is 1. The molecule has 10 heavy (non-hydrogen) atoms. The molecule has 1 nitrogen and oxygen atoms in total. The van der Waals surface area contributed by atoms with E-state index in [-0.39, 0.29) is 0 Å². The van der Waals surface area contributed by atoms with Gasteiger partial charge in [-0.15, -0.1) is 0 Å². The van der Waals surface area contributed by atoms with Crippen LogP contribution in [-0.4, -0.2) is 7.11 Å². The van der Waals surface area contributed by atoms with Crippen molar-refractivity contribution >= 4 is 11.6 Å². The van der Waals surface area contributed by atoms with Crippen molar-refractivity contribution in [3.05, 3.63) is 35.7 Å². The smallest absolute Gasteiger partial charge is 0.123 e. The number of ether oxygens (including phenoxy) is 1. The fraction of sp³-hybridized carbons (Fsp3) is 0.125. The molecule has 0 aliphatic carbocycles. The molecule has 0 N–H and O–H groups in total. The second-order valence-corrected chi connectivity index (χ2v) is 2.33. The van der Waals surface area contributed by atoms with E-state index in [0.717, 1.165) is 11.3 Å². The van der Waals surface area contributed by atoms with E-state index in [1.807, 2.05) is 12.1 Å². The quantitative estimate of drug-likeness (QED) is 0.606. The molecule has 0 amide bonds. The molecule has 1 aromatic rings. The van der Waals surface area contributed by atoms with Crippen LogP contribution in [0.25, 0.3) is 0 Å². The Labute approximate surface area is 65.6 Å². The molecule has 0 unspecified atom stereocenters. The van der Waals surface area contributed by atoms with E-state index in [2.05, 4.69) is 6.92 Å². The van der Waals surface area contributed by atoms with Crippen molar-refractivity contribution in [2.24, 2.45) is 0 Å². The average Bonchev–Trinajstić information content (AvgIpc) is 1.95. The zero-order valence-electron chi connectivity index (χ0n) is 5.73. The summed E-state index contributed by atoms with van der Waals surface area (Å²) in [5.41, 5.74) is 0.742. The second kappa shape index (κ2) is 2.93. The maximum atomic E-state index is 5.75. The highest BCUT2D eigenvalue weighted by Crippen LogP contribution is 2.24. The minimum absolute atomic E-state index is 0.638. The molecule has 0 spiro atoms. The molecule has 0 saturated heterocycles. The lowest BCUT2D eigenvalue weighted by molar-refractivity contribution is 0.413. The average molecular weight is 156 g/mol. The second-order valence-electron chi connectivity index (χ2n) is 1.92. The number of rotatable bonds is 1. The highest BCUT2D eigenvalue weighted by Gasteiger charge is 1.99. The molecule has 0 atom stereocenters. The number of benzene rings is 1. The fourth-order valence-electron chi connectivity index (χ4n) is 0.730. The van der Waals surface area contributed by atoms with Crippen molar-refractivity contribution in [2.75, 3.05) is 7.11 Å². The molecular formula is C8H8ClO. The van der Waals surface area contributed by atoms with Crippen molar-refractivity contribution in [2.45, 2.75) is 0 Å². The van der Waals surface area contributed by atoms with Crippen molar-refractivity contribution in [1.29, 1.82) is 0 Å². The van der Waals surface area contributed by atoms with Gasteiger partial charge in [0.1, 0.15) is 5.75 Å². The topological polar surface area (TPSA) is 9.23 Å². The van der Waals surface area contributed by atoms with Gasteiger partial charge in [-0.05, 0) is 19.1 Å². The summed E-state index contributed by atoms with van der Waals surface area (Å²) in [6.07, 6.45) is 0. The van der Waals surface area contributed by atoms with Gasteiger partial charge in [0.05, 0.1) is 7.11 Å². The van der Waals surface area contributed by atoms with Crippen LogP contribution in [0.15, 0.2) is 18.2 Å². The molecule has 0 aromatic heterocycles. The Kier molecular flexibility index (Phi) is 2.17. The van der Waals surface area contributed by atoms with Crippen LogP contribution in [0, 0.1) is 6.92 Å². The van der Waals surface area contributed by atoms with E-state index in [1.54, 1.807) is 13.2 Å². The first-order valence-electron chi connectivity index (χ1n) is 2.90. The SMILES string of the molecule is [CH2]c1c(Cl)cccc1OC. The van der Waals surface area contributed by atoms with Crippen molar-refractivity contribution in [1.82, 2.24) is 0 Å². The largest absolute Gasteiger partial charge is 0.496 e. The molecule has 0 aliphatic rings.